The van der Waals surface area contributed by atoms with E-state index in [2.05, 4.69) is 26.6 Å². The molecule has 1 saturated heterocycles. The maximum Gasteiger partial charge on any atom is 0.271 e. The fourth-order valence-electron chi connectivity index (χ4n) is 1.90. The number of halogens is 1. The fraction of sp³-hybridized carbons (Fsp3) is 0.417. The average molecular weight is 360 g/mol. The highest BCUT2D eigenvalue weighted by molar-refractivity contribution is 9.10. The number of nitrogens with one attached hydrogen (secondary N) is 2. The molecule has 1 heterocycles. The quantitative estimate of drug-likeness (QED) is 0.636. The first-order chi connectivity index (χ1) is 9.56. The summed E-state index contributed by atoms with van der Waals surface area (Å²) in [5, 5.41) is 16.7. The number of nitro groups is 1. The zero-order chi connectivity index (χ0) is 14.5. The zero-order valence-corrected chi connectivity index (χ0v) is 13.0. The third-order valence-electron chi connectivity index (χ3n) is 2.87. The normalized spacial score (nSPS) is 18.6. The molecular formula is C12H14BrN3O3S. The van der Waals surface area contributed by atoms with Crippen molar-refractivity contribution in [2.75, 3.05) is 23.4 Å². The number of anilines is 1. The molecule has 1 aliphatic heterocycles. The van der Waals surface area contributed by atoms with Crippen molar-refractivity contribution >= 4 is 45.0 Å². The van der Waals surface area contributed by atoms with Crippen LogP contribution < -0.4 is 10.6 Å². The van der Waals surface area contributed by atoms with E-state index in [1.165, 1.54) is 12.1 Å². The Labute approximate surface area is 129 Å². The van der Waals surface area contributed by atoms with Crippen LogP contribution in [0.3, 0.4) is 0 Å². The molecule has 1 aromatic rings. The molecule has 1 amide bonds. The smallest absolute Gasteiger partial charge is 0.271 e. The predicted octanol–water partition coefficient (Wildman–Crippen LogP) is 2.39. The van der Waals surface area contributed by atoms with Crippen LogP contribution in [0.25, 0.3) is 0 Å². The number of hydrogen-bond donors (Lipinski definition) is 2. The molecule has 2 N–H and O–H groups in total. The van der Waals surface area contributed by atoms with Gasteiger partial charge < -0.3 is 10.6 Å². The summed E-state index contributed by atoms with van der Waals surface area (Å²) in [5.74, 6) is 1.82. The Bertz CT molecular complexity index is 521. The van der Waals surface area contributed by atoms with Gasteiger partial charge in [-0.1, -0.05) is 0 Å². The Hall–Kier alpha value is -1.12. The Morgan fingerprint density at radius 3 is 3.05 bits per heavy atom. The van der Waals surface area contributed by atoms with Gasteiger partial charge in [-0.15, -0.1) is 0 Å². The van der Waals surface area contributed by atoms with E-state index in [-0.39, 0.29) is 17.6 Å². The third-order valence-corrected chi connectivity index (χ3v) is 4.69. The van der Waals surface area contributed by atoms with Gasteiger partial charge >= 0.3 is 0 Å². The highest BCUT2D eigenvalue weighted by Gasteiger charge is 2.18. The van der Waals surface area contributed by atoms with E-state index in [1.54, 1.807) is 6.07 Å². The summed E-state index contributed by atoms with van der Waals surface area (Å²) in [6, 6.07) is 4.46. The maximum absolute atomic E-state index is 12.0. The molecule has 20 heavy (non-hydrogen) atoms. The molecule has 2 rings (SSSR count). The number of nitro benzene ring substituents is 1. The molecule has 108 valence electrons. The standard InChI is InChI=1S/C12H14BrN3O3S/c13-10-2-1-9(16(18)19)6-11(10)15-12(17)5-8-7-20-4-3-14-8/h1-2,6,8,14H,3-5,7H2,(H,15,17). The average Bonchev–Trinajstić information content (AvgIpc) is 2.42. The minimum absolute atomic E-state index is 0.0464. The first-order valence-corrected chi connectivity index (χ1v) is 8.06. The highest BCUT2D eigenvalue weighted by Crippen LogP contribution is 2.27. The van der Waals surface area contributed by atoms with Crippen LogP contribution in [-0.4, -0.2) is 34.9 Å². The number of thioether (sulfide) groups is 1. The van der Waals surface area contributed by atoms with Crippen molar-refractivity contribution in [3.63, 3.8) is 0 Å². The van der Waals surface area contributed by atoms with E-state index >= 15 is 0 Å². The molecule has 0 saturated carbocycles. The zero-order valence-electron chi connectivity index (χ0n) is 10.6. The summed E-state index contributed by atoms with van der Waals surface area (Å²) in [4.78, 5) is 22.2. The van der Waals surface area contributed by atoms with Crippen LogP contribution in [0.2, 0.25) is 0 Å². The highest BCUT2D eigenvalue weighted by atomic mass is 79.9. The number of nitrogens with zero attached hydrogens (tertiary/aromatic N) is 1. The first kappa shape index (κ1) is 15.3. The summed E-state index contributed by atoms with van der Waals surface area (Å²) in [6.07, 6.45) is 0.363. The minimum atomic E-state index is -0.485. The molecule has 0 aliphatic carbocycles. The number of non-ortho nitro benzene ring substituents is 1. The van der Waals surface area contributed by atoms with Crippen LogP contribution >= 0.6 is 27.7 Å². The lowest BCUT2D eigenvalue weighted by atomic mass is 10.2. The van der Waals surface area contributed by atoms with E-state index in [1.807, 2.05) is 11.8 Å². The van der Waals surface area contributed by atoms with E-state index in [0.29, 0.717) is 16.6 Å². The minimum Gasteiger partial charge on any atom is -0.325 e. The summed E-state index contributed by atoms with van der Waals surface area (Å²) in [6.45, 7) is 0.906. The third kappa shape index (κ3) is 4.19. The number of amides is 1. The van der Waals surface area contributed by atoms with Crippen LogP contribution in [0, 0.1) is 10.1 Å². The fourth-order valence-corrected chi connectivity index (χ4v) is 3.19. The molecule has 0 bridgehead atoms. The number of rotatable bonds is 4. The monoisotopic (exact) mass is 359 g/mol. The molecule has 1 aromatic carbocycles. The Balaban J connectivity index is 1.99. The van der Waals surface area contributed by atoms with E-state index in [4.69, 9.17) is 0 Å². The van der Waals surface area contributed by atoms with Crippen molar-refractivity contribution in [3.8, 4) is 0 Å². The van der Waals surface area contributed by atoms with Gasteiger partial charge in [0.05, 0.1) is 10.6 Å². The van der Waals surface area contributed by atoms with Crippen molar-refractivity contribution in [1.29, 1.82) is 0 Å². The second-order valence-corrected chi connectivity index (χ2v) is 6.40. The van der Waals surface area contributed by atoms with E-state index < -0.39 is 4.92 Å². The SMILES string of the molecule is O=C(CC1CSCCN1)Nc1cc([N+](=O)[O-])ccc1Br. The molecule has 1 fully saturated rings. The van der Waals surface area contributed by atoms with Gasteiger partial charge in [0.15, 0.2) is 0 Å². The first-order valence-electron chi connectivity index (χ1n) is 6.11. The van der Waals surface area contributed by atoms with Crippen LogP contribution in [0.5, 0.6) is 0 Å². The van der Waals surface area contributed by atoms with Gasteiger partial charge in [0, 0.05) is 47.1 Å². The molecule has 1 atom stereocenters. The predicted molar refractivity (Wildman–Crippen MR) is 83.2 cm³/mol. The van der Waals surface area contributed by atoms with Crippen LogP contribution in [-0.2, 0) is 4.79 Å². The van der Waals surface area contributed by atoms with Gasteiger partial charge in [-0.2, -0.15) is 11.8 Å². The van der Waals surface area contributed by atoms with Gasteiger partial charge in [-0.3, -0.25) is 14.9 Å². The van der Waals surface area contributed by atoms with Gasteiger partial charge in [-0.25, -0.2) is 0 Å². The van der Waals surface area contributed by atoms with Gasteiger partial charge in [-0.05, 0) is 22.0 Å². The number of benzene rings is 1. The molecule has 1 aliphatic rings. The molecule has 1 unspecified atom stereocenters. The molecule has 0 radical (unpaired) electrons. The van der Waals surface area contributed by atoms with Crippen LogP contribution in [0.1, 0.15) is 6.42 Å². The Kier molecular flexibility index (Phi) is 5.38. The lowest BCUT2D eigenvalue weighted by molar-refractivity contribution is -0.384. The maximum atomic E-state index is 12.0. The molecule has 0 spiro atoms. The molecular weight excluding hydrogens is 346 g/mol. The second-order valence-electron chi connectivity index (χ2n) is 4.40. The van der Waals surface area contributed by atoms with Crippen LogP contribution in [0.4, 0.5) is 11.4 Å². The topological polar surface area (TPSA) is 84.3 Å². The number of hydrogen-bond acceptors (Lipinski definition) is 5. The summed E-state index contributed by atoms with van der Waals surface area (Å²) >= 11 is 5.10. The van der Waals surface area contributed by atoms with Crippen molar-refractivity contribution in [2.24, 2.45) is 0 Å². The summed E-state index contributed by atoms with van der Waals surface area (Å²) in [7, 11) is 0. The second kappa shape index (κ2) is 7.05. The Morgan fingerprint density at radius 2 is 2.40 bits per heavy atom. The van der Waals surface area contributed by atoms with Crippen molar-refractivity contribution < 1.29 is 9.72 Å². The van der Waals surface area contributed by atoms with E-state index in [9.17, 15) is 14.9 Å². The molecule has 8 heteroatoms. The van der Waals surface area contributed by atoms with Crippen molar-refractivity contribution in [1.82, 2.24) is 5.32 Å². The largest absolute Gasteiger partial charge is 0.325 e. The lowest BCUT2D eigenvalue weighted by Gasteiger charge is -2.22. The van der Waals surface area contributed by atoms with Gasteiger partial charge in [0.1, 0.15) is 0 Å². The summed E-state index contributed by atoms with van der Waals surface area (Å²) in [5.41, 5.74) is 0.377. The van der Waals surface area contributed by atoms with Crippen molar-refractivity contribution in [3.05, 3.63) is 32.8 Å². The van der Waals surface area contributed by atoms with Crippen LogP contribution in [0.15, 0.2) is 22.7 Å². The Morgan fingerprint density at radius 1 is 1.60 bits per heavy atom. The summed E-state index contributed by atoms with van der Waals surface area (Å²) < 4.78 is 0.627. The molecule has 0 aromatic heterocycles. The van der Waals surface area contributed by atoms with E-state index in [0.717, 1.165) is 18.1 Å². The number of carbonyl (C=O) groups excluding carboxylic acids is 1. The van der Waals surface area contributed by atoms with Crippen molar-refractivity contribution in [2.45, 2.75) is 12.5 Å². The molecule has 6 nitrogen and oxygen atoms in total. The number of carbonyl (C=O) groups is 1. The lowest BCUT2D eigenvalue weighted by Crippen LogP contribution is -2.39. The van der Waals surface area contributed by atoms with Gasteiger partial charge in [0.2, 0.25) is 5.91 Å². The van der Waals surface area contributed by atoms with Gasteiger partial charge in [0.25, 0.3) is 5.69 Å².